The van der Waals surface area contributed by atoms with Gasteiger partial charge < -0.3 is 0 Å². The summed E-state index contributed by atoms with van der Waals surface area (Å²) in [4.78, 5) is 0. The van der Waals surface area contributed by atoms with E-state index < -0.39 is 20.8 Å². The van der Waals surface area contributed by atoms with Crippen molar-refractivity contribution >= 4 is 0 Å². The molecule has 0 bridgehead atoms. The fraction of sp³-hybridized carbons (Fsp3) is 0.733. The molecule has 19 heavy (non-hydrogen) atoms. The molecule has 110 valence electrons. The molecule has 0 radical (unpaired) electrons. The molecule has 0 fully saturated rings. The second-order valence-electron chi connectivity index (χ2n) is 5.30. The van der Waals surface area contributed by atoms with Crippen molar-refractivity contribution in [2.75, 3.05) is 19.6 Å². The Balaban J connectivity index is 2.91. The predicted octanol–water partition coefficient (Wildman–Crippen LogP) is 3.12. The van der Waals surface area contributed by atoms with E-state index in [0.717, 1.165) is 26.1 Å². The van der Waals surface area contributed by atoms with Gasteiger partial charge in [-0.05, 0) is 0 Å². The Kier molecular flexibility index (Phi) is 8.38. The van der Waals surface area contributed by atoms with Crippen LogP contribution in [0, 0.1) is 0 Å². The molecular formula is C15H31HfN3. The van der Waals surface area contributed by atoms with Crippen LogP contribution in [0.5, 0.6) is 0 Å². The Morgan fingerprint density at radius 3 is 1.74 bits per heavy atom. The molecule has 0 spiro atoms. The quantitative estimate of drug-likeness (QED) is 0.465. The first kappa shape index (κ1) is 17.3. The molecule has 0 atom stereocenters. The summed E-state index contributed by atoms with van der Waals surface area (Å²) in [6, 6.07) is 0. The van der Waals surface area contributed by atoms with Crippen LogP contribution < -0.4 is 9.91 Å². The van der Waals surface area contributed by atoms with Crippen LogP contribution in [0.3, 0.4) is 0 Å². The second kappa shape index (κ2) is 9.22. The summed E-state index contributed by atoms with van der Waals surface area (Å²) >= 11 is -2.94. The summed E-state index contributed by atoms with van der Waals surface area (Å²) in [6.45, 7) is 12.4. The van der Waals surface area contributed by atoms with Crippen LogP contribution in [0.15, 0.2) is 21.1 Å². The molecule has 0 saturated heterocycles. The van der Waals surface area contributed by atoms with Crippen molar-refractivity contribution in [3.05, 3.63) is 21.1 Å². The third-order valence-electron chi connectivity index (χ3n) is 3.54. The van der Waals surface area contributed by atoms with Crippen molar-refractivity contribution in [2.24, 2.45) is 0 Å². The second-order valence-corrected chi connectivity index (χ2v) is 16.7. The summed E-state index contributed by atoms with van der Waals surface area (Å²) in [7, 11) is 0. The van der Waals surface area contributed by atoms with Gasteiger partial charge in [0.05, 0.1) is 0 Å². The van der Waals surface area contributed by atoms with Gasteiger partial charge in [-0.15, -0.1) is 0 Å². The van der Waals surface area contributed by atoms with Crippen LogP contribution in [0.25, 0.3) is 0 Å². The summed E-state index contributed by atoms with van der Waals surface area (Å²) in [5, 5.41) is 0. The minimum absolute atomic E-state index is 1.12. The van der Waals surface area contributed by atoms with Gasteiger partial charge in [0.25, 0.3) is 0 Å². The summed E-state index contributed by atoms with van der Waals surface area (Å²) < 4.78 is 13.5. The maximum atomic E-state index is 3.93. The van der Waals surface area contributed by atoms with Gasteiger partial charge in [-0.1, -0.05) is 0 Å². The molecule has 1 aliphatic carbocycles. The van der Waals surface area contributed by atoms with Crippen LogP contribution in [0.1, 0.15) is 53.4 Å². The molecule has 1 aliphatic rings. The molecule has 0 aromatic carbocycles. The molecule has 0 unspecified atom stereocenters. The Hall–Kier alpha value is 0.230. The first-order valence-corrected chi connectivity index (χ1v) is 15.0. The fourth-order valence-electron chi connectivity index (χ4n) is 2.51. The molecule has 0 heterocycles. The van der Waals surface area contributed by atoms with Gasteiger partial charge in [-0.3, -0.25) is 0 Å². The van der Waals surface area contributed by atoms with E-state index in [0.29, 0.717) is 0 Å². The van der Waals surface area contributed by atoms with Crippen LogP contribution in [-0.4, -0.2) is 19.6 Å². The average Bonchev–Trinajstić information content (AvgIpc) is 2.85. The molecule has 0 aromatic heterocycles. The third-order valence-corrected chi connectivity index (χ3v) is 17.4. The van der Waals surface area contributed by atoms with E-state index in [1.54, 1.807) is 3.33 Å². The third kappa shape index (κ3) is 4.92. The van der Waals surface area contributed by atoms with E-state index >= 15 is 0 Å². The molecule has 0 aliphatic heterocycles. The first-order chi connectivity index (χ1) is 9.20. The topological polar surface area (TPSA) is 36.1 Å². The zero-order valence-electron chi connectivity index (χ0n) is 13.1. The Labute approximate surface area is 124 Å². The average molecular weight is 432 g/mol. The molecular weight excluding hydrogens is 401 g/mol. The molecule has 0 aromatic rings. The van der Waals surface area contributed by atoms with Gasteiger partial charge in [0.2, 0.25) is 0 Å². The van der Waals surface area contributed by atoms with Crippen molar-refractivity contribution in [3.63, 3.8) is 0 Å². The van der Waals surface area contributed by atoms with Crippen molar-refractivity contribution in [2.45, 2.75) is 53.4 Å². The van der Waals surface area contributed by atoms with Crippen molar-refractivity contribution in [1.29, 1.82) is 0 Å². The van der Waals surface area contributed by atoms with Gasteiger partial charge in [0.15, 0.2) is 0 Å². The van der Waals surface area contributed by atoms with Gasteiger partial charge in [0.1, 0.15) is 0 Å². The summed E-state index contributed by atoms with van der Waals surface area (Å²) in [5.41, 5.74) is 1.48. The van der Waals surface area contributed by atoms with E-state index in [1.807, 2.05) is 0 Å². The molecule has 3 nitrogen and oxygen atoms in total. The molecule has 0 amide bonds. The van der Waals surface area contributed by atoms with E-state index in [-0.39, 0.29) is 0 Å². The van der Waals surface area contributed by atoms with Crippen LogP contribution in [0.2, 0.25) is 0 Å². The Bertz CT molecular complexity index is 302. The Morgan fingerprint density at radius 1 is 0.947 bits per heavy atom. The standard InChI is InChI=1S/C6H7.3C3H8N.Hf/c1-6-4-2-3-5-6;3*1-2-3-4;/h2,4H,3H2,1H3;3*4H,2-3H2,1H3;/q;3*-1;+3. The molecule has 3 N–H and O–H groups in total. The van der Waals surface area contributed by atoms with Gasteiger partial charge >= 0.3 is 125 Å². The van der Waals surface area contributed by atoms with Crippen molar-refractivity contribution in [1.82, 2.24) is 9.91 Å². The van der Waals surface area contributed by atoms with Crippen molar-refractivity contribution < 1.29 is 20.8 Å². The van der Waals surface area contributed by atoms with E-state index in [9.17, 15) is 0 Å². The van der Waals surface area contributed by atoms with Crippen LogP contribution in [-0.2, 0) is 20.8 Å². The SMILES string of the molecule is CCC[NH][Hf]([NH]CCC)([NH]CCC)[C]1=C(C)C=CC1. The van der Waals surface area contributed by atoms with E-state index in [2.05, 4.69) is 49.8 Å². The maximum absolute atomic E-state index is 3.93. The van der Waals surface area contributed by atoms with Crippen LogP contribution in [0.4, 0.5) is 0 Å². The first-order valence-electron chi connectivity index (χ1n) is 7.82. The van der Waals surface area contributed by atoms with Crippen molar-refractivity contribution in [3.8, 4) is 0 Å². The van der Waals surface area contributed by atoms with Crippen LogP contribution >= 0.6 is 0 Å². The van der Waals surface area contributed by atoms with E-state index in [1.165, 1.54) is 24.8 Å². The zero-order chi connectivity index (χ0) is 14.1. The number of allylic oxidation sites excluding steroid dienone is 4. The predicted molar refractivity (Wildman–Crippen MR) is 81.3 cm³/mol. The number of hydrogen-bond acceptors (Lipinski definition) is 3. The summed E-state index contributed by atoms with van der Waals surface area (Å²) in [5.74, 6) is 0. The van der Waals surface area contributed by atoms with Gasteiger partial charge in [-0.25, -0.2) is 0 Å². The number of rotatable bonds is 10. The number of hydrogen-bond donors (Lipinski definition) is 3. The fourth-order valence-corrected chi connectivity index (χ4v) is 16.8. The monoisotopic (exact) mass is 433 g/mol. The number of nitrogens with one attached hydrogen (secondary N) is 3. The molecule has 1 rings (SSSR count). The van der Waals surface area contributed by atoms with Gasteiger partial charge in [-0.2, -0.15) is 0 Å². The molecule has 0 saturated carbocycles. The van der Waals surface area contributed by atoms with E-state index in [4.69, 9.17) is 0 Å². The summed E-state index contributed by atoms with van der Waals surface area (Å²) in [6.07, 6.45) is 9.33. The minimum atomic E-state index is -2.94. The Morgan fingerprint density at radius 2 is 1.42 bits per heavy atom. The van der Waals surface area contributed by atoms with Gasteiger partial charge in [0, 0.05) is 0 Å². The molecule has 4 heteroatoms. The zero-order valence-corrected chi connectivity index (χ0v) is 16.7. The normalized spacial score (nSPS) is 15.6.